The molecule has 23 heavy (non-hydrogen) atoms. The molecule has 0 aromatic carbocycles. The van der Waals surface area contributed by atoms with Crippen LogP contribution in [0, 0.1) is 0 Å². The molecular formula is C15H26N2O6. The first kappa shape index (κ1) is 18.0. The summed E-state index contributed by atoms with van der Waals surface area (Å²) in [5.41, 5.74) is -0.638. The van der Waals surface area contributed by atoms with Crippen molar-refractivity contribution >= 4 is 12.0 Å². The van der Waals surface area contributed by atoms with E-state index in [1.165, 1.54) is 4.90 Å². The third-order valence-electron chi connectivity index (χ3n) is 3.64. The first-order valence-electron chi connectivity index (χ1n) is 7.80. The molecule has 0 aromatic rings. The topological polar surface area (TPSA) is 86.3 Å². The van der Waals surface area contributed by atoms with Gasteiger partial charge in [-0.25, -0.2) is 4.79 Å². The summed E-state index contributed by atoms with van der Waals surface area (Å²) in [6.45, 7) is 7.24. The van der Waals surface area contributed by atoms with E-state index in [0.29, 0.717) is 32.8 Å². The lowest BCUT2D eigenvalue weighted by molar-refractivity contribution is -0.146. The molecule has 132 valence electrons. The highest BCUT2D eigenvalue weighted by molar-refractivity contribution is 5.86. The van der Waals surface area contributed by atoms with Gasteiger partial charge in [-0.1, -0.05) is 0 Å². The maximum atomic E-state index is 12.4. The summed E-state index contributed by atoms with van der Waals surface area (Å²) in [6.07, 6.45) is -0.245. The van der Waals surface area contributed by atoms with Crippen LogP contribution < -0.4 is 5.32 Å². The maximum Gasteiger partial charge on any atom is 0.411 e. The molecule has 0 unspecified atom stereocenters. The first-order chi connectivity index (χ1) is 10.8. The van der Waals surface area contributed by atoms with Gasteiger partial charge in [0.15, 0.2) is 5.79 Å². The molecule has 0 saturated carbocycles. The van der Waals surface area contributed by atoms with Gasteiger partial charge in [0.2, 0.25) is 5.91 Å². The molecule has 1 spiro atoms. The van der Waals surface area contributed by atoms with Gasteiger partial charge in [-0.15, -0.1) is 0 Å². The number of ether oxygens (including phenoxy) is 4. The highest BCUT2D eigenvalue weighted by Gasteiger charge is 2.53. The number of nitrogens with zero attached hydrogens (tertiary/aromatic N) is 1. The maximum absolute atomic E-state index is 12.4. The van der Waals surface area contributed by atoms with Crippen LogP contribution >= 0.6 is 0 Å². The molecule has 2 fully saturated rings. The van der Waals surface area contributed by atoms with Crippen LogP contribution in [-0.4, -0.2) is 74.4 Å². The minimum absolute atomic E-state index is 0.185. The average Bonchev–Trinajstić information content (AvgIpc) is 3.05. The van der Waals surface area contributed by atoms with Crippen molar-refractivity contribution in [2.45, 2.75) is 44.6 Å². The van der Waals surface area contributed by atoms with Crippen LogP contribution in [0.25, 0.3) is 0 Å². The number of methoxy groups -OCH3 is 1. The Hall–Kier alpha value is -1.38. The molecule has 1 N–H and O–H groups in total. The van der Waals surface area contributed by atoms with Crippen LogP contribution in [0.3, 0.4) is 0 Å². The van der Waals surface area contributed by atoms with Gasteiger partial charge in [-0.05, 0) is 20.8 Å². The zero-order valence-corrected chi connectivity index (χ0v) is 14.2. The van der Waals surface area contributed by atoms with Gasteiger partial charge in [0.25, 0.3) is 0 Å². The van der Waals surface area contributed by atoms with Crippen LogP contribution in [0.5, 0.6) is 0 Å². The van der Waals surface area contributed by atoms with Gasteiger partial charge in [-0.2, -0.15) is 0 Å². The fourth-order valence-corrected chi connectivity index (χ4v) is 2.69. The summed E-state index contributed by atoms with van der Waals surface area (Å²) in [5.74, 6) is -1.16. The van der Waals surface area contributed by atoms with Crippen molar-refractivity contribution in [2.75, 3.05) is 40.0 Å². The number of rotatable bonds is 4. The number of likely N-dealkylation sites (tertiary alicyclic amines) is 1. The quantitative estimate of drug-likeness (QED) is 0.756. The molecule has 0 bridgehead atoms. The molecular weight excluding hydrogens is 304 g/mol. The zero-order valence-electron chi connectivity index (χ0n) is 14.2. The lowest BCUT2D eigenvalue weighted by Crippen LogP contribution is -2.48. The summed E-state index contributed by atoms with van der Waals surface area (Å²) in [7, 11) is 1.56. The van der Waals surface area contributed by atoms with Gasteiger partial charge in [-0.3, -0.25) is 9.69 Å². The molecule has 8 nitrogen and oxygen atoms in total. The number of amides is 2. The van der Waals surface area contributed by atoms with Crippen molar-refractivity contribution < 1.29 is 28.5 Å². The van der Waals surface area contributed by atoms with Crippen LogP contribution in [0.1, 0.15) is 27.2 Å². The van der Waals surface area contributed by atoms with E-state index in [0.717, 1.165) is 0 Å². The Morgan fingerprint density at radius 3 is 2.52 bits per heavy atom. The van der Waals surface area contributed by atoms with E-state index in [1.807, 2.05) is 0 Å². The molecule has 2 heterocycles. The molecule has 0 aromatic heterocycles. The Bertz CT molecular complexity index is 442. The van der Waals surface area contributed by atoms with E-state index in [9.17, 15) is 9.59 Å². The Kier molecular flexibility index (Phi) is 5.49. The predicted octanol–water partition coefficient (Wildman–Crippen LogP) is 0.502. The average molecular weight is 330 g/mol. The second kappa shape index (κ2) is 7.02. The Labute approximate surface area is 136 Å². The van der Waals surface area contributed by atoms with Gasteiger partial charge < -0.3 is 24.3 Å². The largest absolute Gasteiger partial charge is 0.444 e. The van der Waals surface area contributed by atoms with E-state index in [1.54, 1.807) is 27.9 Å². The molecule has 2 aliphatic heterocycles. The smallest absolute Gasteiger partial charge is 0.411 e. The van der Waals surface area contributed by atoms with E-state index < -0.39 is 23.5 Å². The van der Waals surface area contributed by atoms with Crippen molar-refractivity contribution in [3.63, 3.8) is 0 Å². The van der Waals surface area contributed by atoms with Gasteiger partial charge >= 0.3 is 6.09 Å². The molecule has 2 saturated heterocycles. The number of nitrogens with one attached hydrogen (secondary N) is 1. The second-order valence-corrected chi connectivity index (χ2v) is 6.72. The summed E-state index contributed by atoms with van der Waals surface area (Å²) < 4.78 is 21.6. The van der Waals surface area contributed by atoms with Crippen molar-refractivity contribution in [3.8, 4) is 0 Å². The SMILES string of the molecule is COCCNC(=O)[C@@H]1CC2(CN1C(=O)OC(C)(C)C)OCCO2. The second-order valence-electron chi connectivity index (χ2n) is 6.72. The monoisotopic (exact) mass is 330 g/mol. The first-order valence-corrected chi connectivity index (χ1v) is 7.80. The standard InChI is InChI=1S/C15H26N2O6/c1-14(2,3)23-13(19)17-10-15(21-7-8-22-15)9-11(17)12(18)16-5-6-20-4/h11H,5-10H2,1-4H3,(H,16,18)/t11-/m0/s1. The lowest BCUT2D eigenvalue weighted by Gasteiger charge is -2.28. The van der Waals surface area contributed by atoms with E-state index in [-0.39, 0.29) is 12.5 Å². The number of hydrogen-bond donors (Lipinski definition) is 1. The number of carbonyl (C=O) groups is 2. The third kappa shape index (κ3) is 4.55. The third-order valence-corrected chi connectivity index (χ3v) is 3.64. The van der Waals surface area contributed by atoms with Crippen molar-refractivity contribution in [2.24, 2.45) is 0 Å². The van der Waals surface area contributed by atoms with Crippen molar-refractivity contribution in [3.05, 3.63) is 0 Å². The normalized spacial score (nSPS) is 23.3. The highest BCUT2D eigenvalue weighted by Crippen LogP contribution is 2.35. The van der Waals surface area contributed by atoms with Crippen LogP contribution in [0.4, 0.5) is 4.79 Å². The van der Waals surface area contributed by atoms with Gasteiger partial charge in [0.1, 0.15) is 11.6 Å². The molecule has 0 radical (unpaired) electrons. The Balaban J connectivity index is 2.08. The number of carbonyl (C=O) groups excluding carboxylic acids is 2. The predicted molar refractivity (Wildman–Crippen MR) is 80.9 cm³/mol. The Morgan fingerprint density at radius 2 is 1.96 bits per heavy atom. The van der Waals surface area contributed by atoms with Crippen LogP contribution in [-0.2, 0) is 23.7 Å². The summed E-state index contributed by atoms with van der Waals surface area (Å²) in [4.78, 5) is 26.2. The van der Waals surface area contributed by atoms with Crippen LogP contribution in [0.15, 0.2) is 0 Å². The van der Waals surface area contributed by atoms with Crippen molar-refractivity contribution in [1.82, 2.24) is 10.2 Å². The zero-order chi connectivity index (χ0) is 17.1. The molecule has 2 rings (SSSR count). The molecule has 8 heteroatoms. The summed E-state index contributed by atoms with van der Waals surface area (Å²) in [6, 6.07) is -0.681. The molecule has 0 aliphatic carbocycles. The number of hydrogen-bond acceptors (Lipinski definition) is 6. The minimum Gasteiger partial charge on any atom is -0.444 e. The molecule has 2 amide bonds. The fourth-order valence-electron chi connectivity index (χ4n) is 2.69. The van der Waals surface area contributed by atoms with E-state index >= 15 is 0 Å². The highest BCUT2D eigenvalue weighted by atomic mass is 16.7. The summed E-state index contributed by atoms with van der Waals surface area (Å²) in [5, 5.41) is 2.76. The fraction of sp³-hybridized carbons (Fsp3) is 0.867. The minimum atomic E-state index is -0.903. The molecule has 1 atom stereocenters. The summed E-state index contributed by atoms with van der Waals surface area (Å²) >= 11 is 0. The van der Waals surface area contributed by atoms with E-state index in [4.69, 9.17) is 18.9 Å². The Morgan fingerprint density at radius 1 is 1.30 bits per heavy atom. The van der Waals surface area contributed by atoms with Crippen molar-refractivity contribution in [1.29, 1.82) is 0 Å². The van der Waals surface area contributed by atoms with Gasteiger partial charge in [0.05, 0.1) is 26.4 Å². The van der Waals surface area contributed by atoms with Gasteiger partial charge in [0, 0.05) is 20.1 Å². The lowest BCUT2D eigenvalue weighted by atomic mass is 10.1. The van der Waals surface area contributed by atoms with Crippen LogP contribution in [0.2, 0.25) is 0 Å². The van der Waals surface area contributed by atoms with E-state index in [2.05, 4.69) is 5.32 Å². The molecule has 2 aliphatic rings.